The Labute approximate surface area is 132 Å². The van der Waals surface area contributed by atoms with Crippen LogP contribution in [0.1, 0.15) is 21.9 Å². The number of benzene rings is 1. The van der Waals surface area contributed by atoms with E-state index in [2.05, 4.69) is 15.5 Å². The zero-order valence-electron chi connectivity index (χ0n) is 12.1. The van der Waals surface area contributed by atoms with Gasteiger partial charge in [-0.3, -0.25) is 10.1 Å². The summed E-state index contributed by atoms with van der Waals surface area (Å²) in [5.74, 6) is 0.322. The number of hydrogen-bond acceptors (Lipinski definition) is 5. The maximum Gasteiger partial charge on any atom is 0.322 e. The van der Waals surface area contributed by atoms with E-state index in [-0.39, 0.29) is 11.9 Å². The first kappa shape index (κ1) is 14.5. The van der Waals surface area contributed by atoms with Crippen LogP contribution in [-0.4, -0.2) is 16.1 Å². The summed E-state index contributed by atoms with van der Waals surface area (Å²) in [4.78, 5) is 12.8. The Hall–Kier alpha value is -2.47. The molecule has 2 aromatic heterocycles. The summed E-state index contributed by atoms with van der Waals surface area (Å²) in [5, 5.41) is 12.4. The molecule has 3 rings (SSSR count). The Morgan fingerprint density at radius 1 is 1.23 bits per heavy atom. The van der Waals surface area contributed by atoms with Crippen molar-refractivity contribution in [3.8, 4) is 0 Å². The quantitative estimate of drug-likeness (QED) is 0.785. The van der Waals surface area contributed by atoms with Crippen molar-refractivity contribution in [2.75, 3.05) is 5.32 Å². The van der Waals surface area contributed by atoms with Gasteiger partial charge in [0.05, 0.1) is 12.8 Å². The number of carbonyl (C=O) groups is 1. The summed E-state index contributed by atoms with van der Waals surface area (Å²) in [7, 11) is 0. The number of aromatic nitrogens is 2. The smallest absolute Gasteiger partial charge is 0.322 e. The van der Waals surface area contributed by atoms with Gasteiger partial charge >= 0.3 is 6.01 Å². The standard InChI is InChI=1S/C16H15N3O2S/c1-11-4-6-12(7-5-11)9-15-18-19-16(21-15)17-14(20)10-13-3-2-8-22-13/h2-8H,9-10H2,1H3,(H,17,19,20). The van der Waals surface area contributed by atoms with Gasteiger partial charge in [-0.25, -0.2) is 0 Å². The number of aryl methyl sites for hydroxylation is 1. The predicted octanol–water partition coefficient (Wildman–Crippen LogP) is 3.21. The normalized spacial score (nSPS) is 10.6. The van der Waals surface area contributed by atoms with E-state index >= 15 is 0 Å². The minimum Gasteiger partial charge on any atom is -0.407 e. The number of anilines is 1. The maximum atomic E-state index is 11.9. The molecule has 1 amide bonds. The van der Waals surface area contributed by atoms with Crippen LogP contribution in [0.15, 0.2) is 46.2 Å². The molecule has 3 aromatic rings. The summed E-state index contributed by atoms with van der Waals surface area (Å²) >= 11 is 1.54. The molecule has 112 valence electrons. The van der Waals surface area contributed by atoms with Gasteiger partial charge in [0.15, 0.2) is 0 Å². The summed E-state index contributed by atoms with van der Waals surface area (Å²) in [6.07, 6.45) is 0.863. The predicted molar refractivity (Wildman–Crippen MR) is 84.9 cm³/mol. The first-order chi connectivity index (χ1) is 10.7. The third-order valence-electron chi connectivity index (χ3n) is 3.10. The fraction of sp³-hybridized carbons (Fsp3) is 0.188. The van der Waals surface area contributed by atoms with Crippen molar-refractivity contribution in [2.24, 2.45) is 0 Å². The fourth-order valence-corrected chi connectivity index (χ4v) is 2.69. The number of amides is 1. The van der Waals surface area contributed by atoms with Crippen molar-refractivity contribution in [1.82, 2.24) is 10.2 Å². The molecule has 5 nitrogen and oxygen atoms in total. The highest BCUT2D eigenvalue weighted by molar-refractivity contribution is 7.10. The molecule has 22 heavy (non-hydrogen) atoms. The summed E-state index contributed by atoms with van der Waals surface area (Å²) in [6.45, 7) is 2.04. The lowest BCUT2D eigenvalue weighted by Crippen LogP contribution is -2.13. The Balaban J connectivity index is 1.58. The first-order valence-electron chi connectivity index (χ1n) is 6.89. The van der Waals surface area contributed by atoms with Crippen LogP contribution in [0.5, 0.6) is 0 Å². The van der Waals surface area contributed by atoms with E-state index in [1.54, 1.807) is 11.3 Å². The van der Waals surface area contributed by atoms with E-state index in [4.69, 9.17) is 4.42 Å². The van der Waals surface area contributed by atoms with Crippen LogP contribution in [-0.2, 0) is 17.6 Å². The average molecular weight is 313 g/mol. The van der Waals surface area contributed by atoms with E-state index in [1.165, 1.54) is 5.56 Å². The van der Waals surface area contributed by atoms with Crippen molar-refractivity contribution in [3.05, 3.63) is 63.7 Å². The molecular formula is C16H15N3O2S. The van der Waals surface area contributed by atoms with E-state index in [0.29, 0.717) is 18.7 Å². The molecular weight excluding hydrogens is 298 g/mol. The van der Waals surface area contributed by atoms with Gasteiger partial charge in [-0.2, -0.15) is 0 Å². The van der Waals surface area contributed by atoms with Crippen LogP contribution in [0.25, 0.3) is 0 Å². The van der Waals surface area contributed by atoms with Crippen LogP contribution in [0.3, 0.4) is 0 Å². The van der Waals surface area contributed by atoms with Crippen molar-refractivity contribution in [1.29, 1.82) is 0 Å². The van der Waals surface area contributed by atoms with Gasteiger partial charge in [0.1, 0.15) is 0 Å². The minimum atomic E-state index is -0.159. The molecule has 0 atom stereocenters. The molecule has 0 spiro atoms. The van der Waals surface area contributed by atoms with Crippen molar-refractivity contribution in [3.63, 3.8) is 0 Å². The van der Waals surface area contributed by atoms with E-state index < -0.39 is 0 Å². The third kappa shape index (κ3) is 3.79. The van der Waals surface area contributed by atoms with Crippen molar-refractivity contribution >= 4 is 23.3 Å². The van der Waals surface area contributed by atoms with E-state index in [9.17, 15) is 4.79 Å². The molecule has 2 heterocycles. The Kier molecular flexibility index (Phi) is 4.29. The van der Waals surface area contributed by atoms with Crippen LogP contribution in [0, 0.1) is 6.92 Å². The highest BCUT2D eigenvalue weighted by Crippen LogP contribution is 2.13. The lowest BCUT2D eigenvalue weighted by Gasteiger charge is -1.99. The second-order valence-electron chi connectivity index (χ2n) is 4.97. The Morgan fingerprint density at radius 3 is 2.77 bits per heavy atom. The van der Waals surface area contributed by atoms with Gasteiger partial charge in [-0.05, 0) is 23.9 Å². The molecule has 6 heteroatoms. The van der Waals surface area contributed by atoms with Gasteiger partial charge in [0, 0.05) is 4.88 Å². The van der Waals surface area contributed by atoms with Crippen LogP contribution in [0.4, 0.5) is 6.01 Å². The molecule has 1 aromatic carbocycles. The molecule has 0 bridgehead atoms. The number of hydrogen-bond donors (Lipinski definition) is 1. The SMILES string of the molecule is Cc1ccc(Cc2nnc(NC(=O)Cc3cccs3)o2)cc1. The number of carbonyl (C=O) groups excluding carboxylic acids is 1. The van der Waals surface area contributed by atoms with Crippen LogP contribution >= 0.6 is 11.3 Å². The molecule has 0 fully saturated rings. The van der Waals surface area contributed by atoms with E-state index in [0.717, 1.165) is 10.4 Å². The molecule has 0 aliphatic carbocycles. The second kappa shape index (κ2) is 6.53. The molecule has 0 saturated carbocycles. The molecule has 0 saturated heterocycles. The van der Waals surface area contributed by atoms with Gasteiger partial charge < -0.3 is 4.42 Å². The fourth-order valence-electron chi connectivity index (χ4n) is 1.99. The first-order valence-corrected chi connectivity index (χ1v) is 7.77. The monoisotopic (exact) mass is 313 g/mol. The second-order valence-corrected chi connectivity index (χ2v) is 6.00. The zero-order chi connectivity index (χ0) is 15.4. The molecule has 0 unspecified atom stereocenters. The van der Waals surface area contributed by atoms with Gasteiger partial charge in [0.25, 0.3) is 0 Å². The molecule has 0 aliphatic rings. The van der Waals surface area contributed by atoms with Gasteiger partial charge in [-0.15, -0.1) is 16.4 Å². The van der Waals surface area contributed by atoms with Crippen LogP contribution < -0.4 is 5.32 Å². The highest BCUT2D eigenvalue weighted by Gasteiger charge is 2.11. The molecule has 0 aliphatic heterocycles. The maximum absolute atomic E-state index is 11.9. The van der Waals surface area contributed by atoms with Crippen molar-refractivity contribution in [2.45, 2.75) is 19.8 Å². The highest BCUT2D eigenvalue weighted by atomic mass is 32.1. The third-order valence-corrected chi connectivity index (χ3v) is 3.98. The van der Waals surface area contributed by atoms with Gasteiger partial charge in [-0.1, -0.05) is 41.0 Å². The minimum absolute atomic E-state index is 0.142. The average Bonchev–Trinajstić information content (AvgIpc) is 3.14. The van der Waals surface area contributed by atoms with Gasteiger partial charge in [0.2, 0.25) is 11.8 Å². The topological polar surface area (TPSA) is 68.0 Å². The number of nitrogens with one attached hydrogen (secondary N) is 1. The molecule has 1 N–H and O–H groups in total. The summed E-state index contributed by atoms with van der Waals surface area (Å²) in [6, 6.07) is 12.1. The van der Waals surface area contributed by atoms with E-state index in [1.807, 2.05) is 48.7 Å². The lowest BCUT2D eigenvalue weighted by atomic mass is 10.1. The number of thiophene rings is 1. The summed E-state index contributed by atoms with van der Waals surface area (Å²) in [5.41, 5.74) is 2.29. The Bertz CT molecular complexity index is 748. The van der Waals surface area contributed by atoms with Crippen molar-refractivity contribution < 1.29 is 9.21 Å². The largest absolute Gasteiger partial charge is 0.407 e. The number of nitrogens with zero attached hydrogens (tertiary/aromatic N) is 2. The Morgan fingerprint density at radius 2 is 2.05 bits per heavy atom. The molecule has 0 radical (unpaired) electrons. The lowest BCUT2D eigenvalue weighted by molar-refractivity contribution is -0.115. The summed E-state index contributed by atoms with van der Waals surface area (Å²) < 4.78 is 5.46. The zero-order valence-corrected chi connectivity index (χ0v) is 12.9. The number of rotatable bonds is 5. The van der Waals surface area contributed by atoms with Crippen LogP contribution in [0.2, 0.25) is 0 Å².